The largest absolute Gasteiger partial charge is 0.478 e. The van der Waals surface area contributed by atoms with Gasteiger partial charge in [0.25, 0.3) is 0 Å². The van der Waals surface area contributed by atoms with Crippen molar-refractivity contribution >= 4 is 35.1 Å². The van der Waals surface area contributed by atoms with Crippen LogP contribution in [0.15, 0.2) is 30.3 Å². The van der Waals surface area contributed by atoms with Crippen molar-refractivity contribution < 1.29 is 9.90 Å². The van der Waals surface area contributed by atoms with Gasteiger partial charge in [-0.2, -0.15) is 0 Å². The first kappa shape index (κ1) is 15.2. The second-order valence-electron chi connectivity index (χ2n) is 3.50. The molecule has 100 valence electrons. The number of halogens is 2. The molecule has 0 aliphatic carbocycles. The number of aromatic carboxylic acids is 1. The SMILES string of the molecule is Cc1cc(Cl)nc(N)n1.O=C(O)c1ccc(Cl)cc1. The Labute approximate surface area is 120 Å². The third-order valence-corrected chi connectivity index (χ3v) is 2.38. The Hall–Kier alpha value is -1.85. The van der Waals surface area contributed by atoms with E-state index >= 15 is 0 Å². The fraction of sp³-hybridized carbons (Fsp3) is 0.0833. The maximum absolute atomic E-state index is 10.3. The van der Waals surface area contributed by atoms with Gasteiger partial charge in [0.15, 0.2) is 0 Å². The lowest BCUT2D eigenvalue weighted by Crippen LogP contribution is -1.95. The van der Waals surface area contributed by atoms with Gasteiger partial charge >= 0.3 is 5.97 Å². The number of aromatic nitrogens is 2. The van der Waals surface area contributed by atoms with Crippen LogP contribution in [0.25, 0.3) is 0 Å². The molecule has 1 aromatic heterocycles. The van der Waals surface area contributed by atoms with Crippen molar-refractivity contribution in [3.63, 3.8) is 0 Å². The fourth-order valence-electron chi connectivity index (χ4n) is 1.14. The van der Waals surface area contributed by atoms with E-state index in [2.05, 4.69) is 9.97 Å². The molecule has 19 heavy (non-hydrogen) atoms. The smallest absolute Gasteiger partial charge is 0.335 e. The molecule has 0 radical (unpaired) electrons. The summed E-state index contributed by atoms with van der Waals surface area (Å²) in [7, 11) is 0. The lowest BCUT2D eigenvalue weighted by Gasteiger charge is -1.93. The van der Waals surface area contributed by atoms with Crippen molar-refractivity contribution in [2.45, 2.75) is 6.92 Å². The zero-order valence-corrected chi connectivity index (χ0v) is 11.5. The van der Waals surface area contributed by atoms with E-state index in [9.17, 15) is 4.79 Å². The third kappa shape index (κ3) is 5.54. The van der Waals surface area contributed by atoms with Crippen molar-refractivity contribution in [1.29, 1.82) is 0 Å². The molecule has 0 unspecified atom stereocenters. The van der Waals surface area contributed by atoms with Crippen LogP contribution in [0.1, 0.15) is 16.1 Å². The number of carbonyl (C=O) groups is 1. The highest BCUT2D eigenvalue weighted by molar-refractivity contribution is 6.30. The predicted octanol–water partition coefficient (Wildman–Crippen LogP) is 3.06. The summed E-state index contributed by atoms with van der Waals surface area (Å²) in [4.78, 5) is 17.8. The summed E-state index contributed by atoms with van der Waals surface area (Å²) in [6, 6.07) is 7.67. The van der Waals surface area contributed by atoms with Gasteiger partial charge in [-0.15, -0.1) is 0 Å². The van der Waals surface area contributed by atoms with Gasteiger partial charge in [-0.05, 0) is 37.3 Å². The zero-order valence-electron chi connectivity index (χ0n) is 9.97. The van der Waals surface area contributed by atoms with E-state index in [1.54, 1.807) is 18.2 Å². The number of nitrogen functional groups attached to an aromatic ring is 1. The number of carboxylic acids is 1. The average Bonchev–Trinajstić information content (AvgIpc) is 2.28. The molecule has 2 rings (SSSR count). The molecule has 0 aliphatic rings. The van der Waals surface area contributed by atoms with Crippen molar-refractivity contribution in [2.75, 3.05) is 5.73 Å². The summed E-state index contributed by atoms with van der Waals surface area (Å²) < 4.78 is 0. The van der Waals surface area contributed by atoms with E-state index in [-0.39, 0.29) is 11.5 Å². The third-order valence-electron chi connectivity index (χ3n) is 1.93. The second-order valence-corrected chi connectivity index (χ2v) is 4.33. The monoisotopic (exact) mass is 299 g/mol. The summed E-state index contributed by atoms with van der Waals surface area (Å²) >= 11 is 11.0. The molecule has 1 heterocycles. The van der Waals surface area contributed by atoms with Gasteiger partial charge in [-0.25, -0.2) is 14.8 Å². The van der Waals surface area contributed by atoms with Gasteiger partial charge in [0.1, 0.15) is 5.15 Å². The zero-order chi connectivity index (χ0) is 14.4. The van der Waals surface area contributed by atoms with Crippen LogP contribution in [0.5, 0.6) is 0 Å². The standard InChI is InChI=1S/C7H5ClO2.C5H6ClN3/c8-6-3-1-5(2-4-6)7(9)10;1-3-2-4(6)9-5(7)8-3/h1-4H,(H,9,10);2H,1H3,(H2,7,8,9). The van der Waals surface area contributed by atoms with Gasteiger partial charge in [0, 0.05) is 10.7 Å². The first-order valence-corrected chi connectivity index (χ1v) is 5.89. The topological polar surface area (TPSA) is 89.1 Å². The van der Waals surface area contributed by atoms with Crippen LogP contribution in [-0.4, -0.2) is 21.0 Å². The summed E-state index contributed by atoms with van der Waals surface area (Å²) in [5, 5.41) is 9.37. The van der Waals surface area contributed by atoms with E-state index in [4.69, 9.17) is 34.0 Å². The molecule has 7 heteroatoms. The number of anilines is 1. The molecule has 0 saturated carbocycles. The number of hydrogen-bond acceptors (Lipinski definition) is 4. The first-order valence-electron chi connectivity index (χ1n) is 5.14. The van der Waals surface area contributed by atoms with Crippen LogP contribution in [-0.2, 0) is 0 Å². The summed E-state index contributed by atoms with van der Waals surface area (Å²) in [5.41, 5.74) is 6.29. The van der Waals surface area contributed by atoms with E-state index in [0.717, 1.165) is 5.69 Å². The second kappa shape index (κ2) is 6.92. The normalized spacial score (nSPS) is 9.42. The molecule has 0 fully saturated rings. The molecular formula is C12H11Cl2N3O2. The highest BCUT2D eigenvalue weighted by atomic mass is 35.5. The molecule has 0 aliphatic heterocycles. The number of rotatable bonds is 1. The molecule has 0 spiro atoms. The van der Waals surface area contributed by atoms with Crippen LogP contribution in [0.4, 0.5) is 5.95 Å². The van der Waals surface area contributed by atoms with Crippen molar-refractivity contribution in [3.05, 3.63) is 51.8 Å². The Kier molecular flexibility index (Phi) is 5.54. The molecule has 2 aromatic rings. The predicted molar refractivity (Wildman–Crippen MR) is 74.6 cm³/mol. The van der Waals surface area contributed by atoms with Crippen LogP contribution in [0.2, 0.25) is 10.2 Å². The summed E-state index contributed by atoms with van der Waals surface area (Å²) in [5.74, 6) is -0.711. The quantitative estimate of drug-likeness (QED) is 0.790. The van der Waals surface area contributed by atoms with Crippen LogP contribution >= 0.6 is 23.2 Å². The molecule has 0 bridgehead atoms. The minimum absolute atomic E-state index is 0.222. The Bertz CT molecular complexity index is 523. The van der Waals surface area contributed by atoms with E-state index in [0.29, 0.717) is 10.2 Å². The maximum Gasteiger partial charge on any atom is 0.335 e. The van der Waals surface area contributed by atoms with Crippen LogP contribution in [0, 0.1) is 6.92 Å². The lowest BCUT2D eigenvalue weighted by molar-refractivity contribution is 0.0697. The van der Waals surface area contributed by atoms with E-state index in [1.807, 2.05) is 6.92 Å². The summed E-state index contributed by atoms with van der Waals surface area (Å²) in [6.45, 7) is 1.81. The van der Waals surface area contributed by atoms with Crippen molar-refractivity contribution in [2.24, 2.45) is 0 Å². The maximum atomic E-state index is 10.3. The number of benzene rings is 1. The van der Waals surface area contributed by atoms with Gasteiger partial charge in [-0.1, -0.05) is 23.2 Å². The minimum atomic E-state index is -0.934. The van der Waals surface area contributed by atoms with E-state index in [1.165, 1.54) is 12.1 Å². The Balaban J connectivity index is 0.000000191. The fourth-order valence-corrected chi connectivity index (χ4v) is 1.51. The van der Waals surface area contributed by atoms with Crippen LogP contribution < -0.4 is 5.73 Å². The molecular weight excluding hydrogens is 289 g/mol. The number of nitrogens with two attached hydrogens (primary N) is 1. The number of aryl methyl sites for hydroxylation is 1. The van der Waals surface area contributed by atoms with Crippen molar-refractivity contribution in [1.82, 2.24) is 9.97 Å². The molecule has 0 saturated heterocycles. The molecule has 0 amide bonds. The minimum Gasteiger partial charge on any atom is -0.478 e. The molecule has 5 nitrogen and oxygen atoms in total. The van der Waals surface area contributed by atoms with Gasteiger partial charge in [0.05, 0.1) is 5.56 Å². The van der Waals surface area contributed by atoms with Gasteiger partial charge in [-0.3, -0.25) is 0 Å². The first-order chi connectivity index (χ1) is 8.88. The average molecular weight is 300 g/mol. The Morgan fingerprint density at radius 1 is 1.21 bits per heavy atom. The number of carboxylic acid groups (broad SMARTS) is 1. The Morgan fingerprint density at radius 2 is 1.79 bits per heavy atom. The molecule has 3 N–H and O–H groups in total. The highest BCUT2D eigenvalue weighted by Crippen LogP contribution is 2.08. The number of nitrogens with zero attached hydrogens (tertiary/aromatic N) is 2. The summed E-state index contributed by atoms with van der Waals surface area (Å²) in [6.07, 6.45) is 0. The van der Waals surface area contributed by atoms with E-state index < -0.39 is 5.97 Å². The van der Waals surface area contributed by atoms with Gasteiger partial charge < -0.3 is 10.8 Å². The Morgan fingerprint density at radius 3 is 2.21 bits per heavy atom. The number of hydrogen-bond donors (Lipinski definition) is 2. The lowest BCUT2D eigenvalue weighted by atomic mass is 10.2. The van der Waals surface area contributed by atoms with Crippen LogP contribution in [0.3, 0.4) is 0 Å². The molecule has 0 atom stereocenters. The molecule has 1 aromatic carbocycles. The highest BCUT2D eigenvalue weighted by Gasteiger charge is 1.99. The van der Waals surface area contributed by atoms with Gasteiger partial charge in [0.2, 0.25) is 5.95 Å². The van der Waals surface area contributed by atoms with Crippen molar-refractivity contribution in [3.8, 4) is 0 Å².